The lowest BCUT2D eigenvalue weighted by Gasteiger charge is -2.22. The van der Waals surface area contributed by atoms with Crippen LogP contribution in [0.2, 0.25) is 0 Å². The molecule has 0 saturated heterocycles. The first-order valence-corrected chi connectivity index (χ1v) is 9.53. The van der Waals surface area contributed by atoms with E-state index in [1.807, 2.05) is 30.3 Å². The molecule has 0 fully saturated rings. The predicted molar refractivity (Wildman–Crippen MR) is 100 cm³/mol. The van der Waals surface area contributed by atoms with Crippen molar-refractivity contribution in [2.45, 2.75) is 11.4 Å². The first kappa shape index (κ1) is 16.4. The molecule has 4 aromatic rings. The molecule has 0 amide bonds. The molecule has 130 valence electrons. The molecular weight excluding hydrogens is 348 g/mol. The van der Waals surface area contributed by atoms with Crippen LogP contribution in [0, 0.1) is 0 Å². The second-order valence-corrected chi connectivity index (χ2v) is 7.65. The number of rotatable bonds is 5. The molecule has 0 aliphatic rings. The Bertz CT molecular complexity index is 1120. The molecule has 4 rings (SSSR count). The van der Waals surface area contributed by atoms with Crippen LogP contribution in [0.1, 0.15) is 5.76 Å². The zero-order valence-corrected chi connectivity index (χ0v) is 14.6. The maximum Gasteiger partial charge on any atom is 0.265 e. The Balaban J connectivity index is 1.82. The number of anilines is 1. The Labute approximate surface area is 151 Å². The van der Waals surface area contributed by atoms with Gasteiger partial charge in [-0.15, -0.1) is 0 Å². The fraction of sp³-hybridized carbons (Fsp3) is 0.0500. The highest BCUT2D eigenvalue weighted by Gasteiger charge is 2.27. The highest BCUT2D eigenvalue weighted by Crippen LogP contribution is 2.26. The third-order valence-corrected chi connectivity index (χ3v) is 5.84. The van der Waals surface area contributed by atoms with Gasteiger partial charge >= 0.3 is 0 Å². The van der Waals surface area contributed by atoms with Crippen molar-refractivity contribution in [1.29, 1.82) is 0 Å². The van der Waals surface area contributed by atoms with Crippen LogP contribution < -0.4 is 4.31 Å². The molecule has 0 unspecified atom stereocenters. The molecule has 0 atom stereocenters. The first-order chi connectivity index (χ1) is 12.6. The normalized spacial score (nSPS) is 11.5. The maximum absolute atomic E-state index is 13.3. The zero-order valence-electron chi connectivity index (χ0n) is 13.8. The number of hydrogen-bond acceptors (Lipinski definition) is 4. The lowest BCUT2D eigenvalue weighted by molar-refractivity contribution is 0.508. The lowest BCUT2D eigenvalue weighted by Crippen LogP contribution is -2.31. The molecule has 2 aromatic heterocycles. The molecule has 6 heteroatoms. The van der Waals surface area contributed by atoms with E-state index < -0.39 is 10.0 Å². The highest BCUT2D eigenvalue weighted by molar-refractivity contribution is 7.92. The number of sulfonamides is 1. The van der Waals surface area contributed by atoms with E-state index >= 15 is 0 Å². The Kier molecular flexibility index (Phi) is 4.18. The second-order valence-electron chi connectivity index (χ2n) is 5.79. The number of nitrogens with zero attached hydrogens (tertiary/aromatic N) is 2. The average molecular weight is 364 g/mol. The van der Waals surface area contributed by atoms with Crippen molar-refractivity contribution in [2.24, 2.45) is 0 Å². The minimum absolute atomic E-state index is 0.0686. The summed E-state index contributed by atoms with van der Waals surface area (Å²) in [6, 6.07) is 21.4. The maximum atomic E-state index is 13.3. The van der Waals surface area contributed by atoms with Crippen molar-refractivity contribution in [3.8, 4) is 0 Å². The summed E-state index contributed by atoms with van der Waals surface area (Å²) in [6.07, 6.45) is 3.09. The van der Waals surface area contributed by atoms with Gasteiger partial charge in [-0.1, -0.05) is 36.4 Å². The van der Waals surface area contributed by atoms with Crippen LogP contribution in [0.5, 0.6) is 0 Å². The molecule has 5 nitrogen and oxygen atoms in total. The molecule has 2 aromatic carbocycles. The molecule has 0 spiro atoms. The van der Waals surface area contributed by atoms with Crippen molar-refractivity contribution in [2.75, 3.05) is 4.31 Å². The summed E-state index contributed by atoms with van der Waals surface area (Å²) in [7, 11) is -3.81. The van der Waals surface area contributed by atoms with Gasteiger partial charge in [-0.3, -0.25) is 0 Å². The van der Waals surface area contributed by atoms with E-state index in [4.69, 9.17) is 4.42 Å². The lowest BCUT2D eigenvalue weighted by atomic mass is 10.1. The summed E-state index contributed by atoms with van der Waals surface area (Å²) in [5, 5.41) is 1.86. The number of benzene rings is 2. The van der Waals surface area contributed by atoms with Gasteiger partial charge in [0.25, 0.3) is 10.0 Å². The van der Waals surface area contributed by atoms with Crippen LogP contribution in [-0.4, -0.2) is 13.4 Å². The van der Waals surface area contributed by atoms with E-state index in [2.05, 4.69) is 4.98 Å². The van der Waals surface area contributed by atoms with E-state index in [1.54, 1.807) is 48.7 Å². The van der Waals surface area contributed by atoms with Gasteiger partial charge in [0.1, 0.15) is 11.6 Å². The smallest absolute Gasteiger partial charge is 0.265 e. The average Bonchev–Trinajstić information content (AvgIpc) is 3.19. The minimum atomic E-state index is -3.81. The van der Waals surface area contributed by atoms with Crippen LogP contribution in [-0.2, 0) is 16.6 Å². The summed E-state index contributed by atoms with van der Waals surface area (Å²) in [5.74, 6) is 0.886. The summed E-state index contributed by atoms with van der Waals surface area (Å²) >= 11 is 0. The Morgan fingerprint density at radius 1 is 0.885 bits per heavy atom. The van der Waals surface area contributed by atoms with Gasteiger partial charge in [-0.05, 0) is 47.2 Å². The van der Waals surface area contributed by atoms with Crippen LogP contribution in [0.3, 0.4) is 0 Å². The number of aromatic nitrogens is 1. The van der Waals surface area contributed by atoms with E-state index in [0.717, 1.165) is 10.8 Å². The largest absolute Gasteiger partial charge is 0.467 e. The summed E-state index contributed by atoms with van der Waals surface area (Å²) < 4.78 is 33.3. The fourth-order valence-electron chi connectivity index (χ4n) is 2.79. The zero-order chi connectivity index (χ0) is 18.0. The Morgan fingerprint density at radius 2 is 1.69 bits per heavy atom. The van der Waals surface area contributed by atoms with E-state index in [-0.39, 0.29) is 11.4 Å². The van der Waals surface area contributed by atoms with Crippen molar-refractivity contribution in [3.05, 3.63) is 91.0 Å². The van der Waals surface area contributed by atoms with Crippen LogP contribution in [0.25, 0.3) is 10.8 Å². The Morgan fingerprint density at radius 3 is 2.42 bits per heavy atom. The number of hydrogen-bond donors (Lipinski definition) is 0. The third-order valence-electron chi connectivity index (χ3n) is 4.09. The fourth-order valence-corrected chi connectivity index (χ4v) is 4.21. The summed E-state index contributed by atoms with van der Waals surface area (Å²) in [6.45, 7) is 0.0686. The molecule has 0 N–H and O–H groups in total. The van der Waals surface area contributed by atoms with Crippen molar-refractivity contribution in [1.82, 2.24) is 4.98 Å². The van der Waals surface area contributed by atoms with Gasteiger partial charge in [0, 0.05) is 6.20 Å². The van der Waals surface area contributed by atoms with Gasteiger partial charge < -0.3 is 4.42 Å². The first-order valence-electron chi connectivity index (χ1n) is 8.09. The van der Waals surface area contributed by atoms with Gasteiger partial charge in [0.05, 0.1) is 17.7 Å². The quantitative estimate of drug-likeness (QED) is 0.532. The summed E-state index contributed by atoms with van der Waals surface area (Å²) in [5.41, 5.74) is 0. The molecule has 0 bridgehead atoms. The number of furan rings is 1. The summed E-state index contributed by atoms with van der Waals surface area (Å²) in [4.78, 5) is 4.43. The molecule has 26 heavy (non-hydrogen) atoms. The van der Waals surface area contributed by atoms with Crippen molar-refractivity contribution in [3.63, 3.8) is 0 Å². The predicted octanol–water partition coefficient (Wildman–Crippen LogP) is 4.22. The van der Waals surface area contributed by atoms with Crippen molar-refractivity contribution >= 4 is 26.6 Å². The van der Waals surface area contributed by atoms with Crippen LogP contribution in [0.4, 0.5) is 5.82 Å². The van der Waals surface area contributed by atoms with Crippen LogP contribution >= 0.6 is 0 Å². The topological polar surface area (TPSA) is 63.4 Å². The molecule has 2 heterocycles. The van der Waals surface area contributed by atoms with E-state index in [1.165, 1.54) is 10.6 Å². The van der Waals surface area contributed by atoms with Crippen LogP contribution in [0.15, 0.2) is 94.6 Å². The molecule has 0 aliphatic heterocycles. The van der Waals surface area contributed by atoms with Gasteiger partial charge in [-0.25, -0.2) is 17.7 Å². The third kappa shape index (κ3) is 3.07. The second kappa shape index (κ2) is 6.65. The molecule has 0 saturated carbocycles. The number of fused-ring (bicyclic) bond motifs is 1. The molecule has 0 aliphatic carbocycles. The minimum Gasteiger partial charge on any atom is -0.467 e. The highest BCUT2D eigenvalue weighted by atomic mass is 32.2. The standard InChI is InChI=1S/C20H16N2O3S/c23-26(24,19-11-10-16-6-1-2-7-17(16)14-19)22(15-18-8-5-13-25-18)20-9-3-4-12-21-20/h1-14H,15H2. The monoisotopic (exact) mass is 364 g/mol. The molecular formula is C20H16N2O3S. The van der Waals surface area contributed by atoms with Gasteiger partial charge in [0.2, 0.25) is 0 Å². The van der Waals surface area contributed by atoms with E-state index in [0.29, 0.717) is 11.6 Å². The van der Waals surface area contributed by atoms with E-state index in [9.17, 15) is 8.42 Å². The van der Waals surface area contributed by atoms with Gasteiger partial charge in [-0.2, -0.15) is 0 Å². The molecule has 0 radical (unpaired) electrons. The number of pyridine rings is 1. The van der Waals surface area contributed by atoms with Crippen molar-refractivity contribution < 1.29 is 12.8 Å². The SMILES string of the molecule is O=S(=O)(c1ccc2ccccc2c1)N(Cc1ccco1)c1ccccn1. The van der Waals surface area contributed by atoms with Gasteiger partial charge in [0.15, 0.2) is 0 Å². The Hall–Kier alpha value is -3.12.